The lowest BCUT2D eigenvalue weighted by atomic mass is 10.6. The van der Waals surface area contributed by atoms with Crippen LogP contribution in [-0.2, 0) is 4.74 Å². The van der Waals surface area contributed by atoms with E-state index in [0.29, 0.717) is 11.3 Å². The summed E-state index contributed by atoms with van der Waals surface area (Å²) in [5.74, 6) is 5.67. The Morgan fingerprint density at radius 3 is 2.92 bits per heavy atom. The van der Waals surface area contributed by atoms with Crippen molar-refractivity contribution < 1.29 is 4.74 Å². The fourth-order valence-electron chi connectivity index (χ4n) is 0.470. The molecule has 1 saturated heterocycles. The van der Waals surface area contributed by atoms with Crippen molar-refractivity contribution in [3.05, 3.63) is 0 Å². The van der Waals surface area contributed by atoms with Crippen LogP contribution in [0.15, 0.2) is 10.1 Å². The SMILES string of the molecule is Br.N/N=C\N=C(N)SCC1CO1. The minimum Gasteiger partial charge on any atom is -0.378 e. The molecule has 1 heterocycles. The fourth-order valence-corrected chi connectivity index (χ4v) is 1.14. The third kappa shape index (κ3) is 5.39. The van der Waals surface area contributed by atoms with Crippen LogP contribution >= 0.6 is 28.7 Å². The van der Waals surface area contributed by atoms with Gasteiger partial charge in [-0.2, -0.15) is 5.10 Å². The normalized spacial score (nSPS) is 22.3. The van der Waals surface area contributed by atoms with Crippen molar-refractivity contribution >= 4 is 40.2 Å². The highest BCUT2D eigenvalue weighted by Crippen LogP contribution is 2.15. The van der Waals surface area contributed by atoms with E-state index in [1.165, 1.54) is 18.1 Å². The number of rotatable bonds is 3. The van der Waals surface area contributed by atoms with Gasteiger partial charge < -0.3 is 16.3 Å². The quantitative estimate of drug-likeness (QED) is 0.242. The first-order valence-corrected chi connectivity index (χ1v) is 4.11. The lowest BCUT2D eigenvalue weighted by Crippen LogP contribution is -2.09. The van der Waals surface area contributed by atoms with Crippen LogP contribution in [-0.4, -0.2) is 30.0 Å². The molecular weight excluding hydrogens is 244 g/mol. The first kappa shape index (κ1) is 11.7. The summed E-state index contributed by atoms with van der Waals surface area (Å²) in [6, 6.07) is 0. The van der Waals surface area contributed by atoms with Gasteiger partial charge in [-0.15, -0.1) is 17.0 Å². The van der Waals surface area contributed by atoms with E-state index in [9.17, 15) is 0 Å². The van der Waals surface area contributed by atoms with E-state index < -0.39 is 0 Å². The van der Waals surface area contributed by atoms with Crippen molar-refractivity contribution in [3.8, 4) is 0 Å². The molecule has 1 aliphatic rings. The first-order chi connectivity index (χ1) is 5.33. The Morgan fingerprint density at radius 1 is 1.75 bits per heavy atom. The summed E-state index contributed by atoms with van der Waals surface area (Å²) in [5, 5.41) is 3.65. The average molecular weight is 255 g/mol. The smallest absolute Gasteiger partial charge is 0.160 e. The number of epoxide rings is 1. The number of amidine groups is 1. The average Bonchev–Trinajstić information content (AvgIpc) is 2.80. The molecule has 1 fully saturated rings. The van der Waals surface area contributed by atoms with Crippen molar-refractivity contribution in [2.75, 3.05) is 12.4 Å². The molecule has 7 heteroatoms. The maximum absolute atomic E-state index is 5.45. The topological polar surface area (TPSA) is 89.3 Å². The minimum absolute atomic E-state index is 0. The van der Waals surface area contributed by atoms with Crippen LogP contribution in [0.4, 0.5) is 0 Å². The highest BCUT2D eigenvalue weighted by molar-refractivity contribution is 8.93. The minimum atomic E-state index is 0. The maximum Gasteiger partial charge on any atom is 0.160 e. The second kappa shape index (κ2) is 6.27. The Hall–Kier alpha value is -0.270. The van der Waals surface area contributed by atoms with E-state index in [2.05, 4.69) is 10.1 Å². The number of hydrazone groups is 1. The number of ether oxygens (including phenoxy) is 1. The zero-order valence-corrected chi connectivity index (χ0v) is 8.87. The molecular formula is C5H11BrN4OS. The van der Waals surface area contributed by atoms with E-state index in [1.54, 1.807) is 0 Å². The van der Waals surface area contributed by atoms with Crippen molar-refractivity contribution in [2.24, 2.45) is 21.7 Å². The highest BCUT2D eigenvalue weighted by atomic mass is 79.9. The monoisotopic (exact) mass is 254 g/mol. The number of nitrogens with two attached hydrogens (primary N) is 2. The highest BCUT2D eigenvalue weighted by Gasteiger charge is 2.22. The van der Waals surface area contributed by atoms with Gasteiger partial charge in [0.2, 0.25) is 0 Å². The van der Waals surface area contributed by atoms with Gasteiger partial charge >= 0.3 is 0 Å². The Morgan fingerprint density at radius 2 is 2.42 bits per heavy atom. The van der Waals surface area contributed by atoms with Crippen molar-refractivity contribution in [2.45, 2.75) is 6.10 Å². The molecule has 0 saturated carbocycles. The van der Waals surface area contributed by atoms with Gasteiger partial charge in [-0.25, -0.2) is 4.99 Å². The third-order valence-corrected chi connectivity index (χ3v) is 2.01. The van der Waals surface area contributed by atoms with E-state index in [4.69, 9.17) is 16.3 Å². The molecule has 0 aromatic heterocycles. The van der Waals surface area contributed by atoms with Crippen LogP contribution in [0.2, 0.25) is 0 Å². The molecule has 70 valence electrons. The summed E-state index contributed by atoms with van der Waals surface area (Å²) in [6.45, 7) is 0.839. The number of hydrogen-bond acceptors (Lipinski definition) is 4. The molecule has 1 unspecified atom stereocenters. The molecule has 0 bridgehead atoms. The summed E-state index contributed by atoms with van der Waals surface area (Å²) in [5.41, 5.74) is 5.45. The van der Waals surface area contributed by atoms with Crippen LogP contribution in [0.25, 0.3) is 0 Å². The second-order valence-electron chi connectivity index (χ2n) is 2.00. The summed E-state index contributed by atoms with van der Waals surface area (Å²) in [4.78, 5) is 3.73. The van der Waals surface area contributed by atoms with E-state index in [1.807, 2.05) is 0 Å². The standard InChI is InChI=1S/C5H10N4OS.BrH/c6-5(8-3-9-7)11-2-4-1-10-4;/h3-4H,1-2,7H2,(H2,6,8,9);1H. The predicted molar refractivity (Wildman–Crippen MR) is 56.8 cm³/mol. The van der Waals surface area contributed by atoms with Gasteiger partial charge in [0, 0.05) is 5.75 Å². The summed E-state index contributed by atoms with van der Waals surface area (Å²) < 4.78 is 4.97. The van der Waals surface area contributed by atoms with E-state index in [-0.39, 0.29) is 17.0 Å². The Balaban J connectivity index is 0.00000121. The van der Waals surface area contributed by atoms with Gasteiger partial charge in [-0.05, 0) is 0 Å². The molecule has 0 amide bonds. The van der Waals surface area contributed by atoms with Gasteiger partial charge in [0.25, 0.3) is 0 Å². The maximum atomic E-state index is 5.45. The molecule has 1 aliphatic heterocycles. The summed E-state index contributed by atoms with van der Waals surface area (Å²) >= 11 is 1.44. The van der Waals surface area contributed by atoms with Crippen molar-refractivity contribution in [3.63, 3.8) is 0 Å². The Bertz CT molecular complexity index is 182. The zero-order valence-electron chi connectivity index (χ0n) is 6.34. The van der Waals surface area contributed by atoms with Crippen LogP contribution in [0, 0.1) is 0 Å². The van der Waals surface area contributed by atoms with Gasteiger partial charge in [0.15, 0.2) is 5.17 Å². The molecule has 1 rings (SSSR count). The summed E-state index contributed by atoms with van der Waals surface area (Å²) in [6.07, 6.45) is 1.58. The van der Waals surface area contributed by atoms with Gasteiger partial charge in [0.05, 0.1) is 12.7 Å². The zero-order chi connectivity index (χ0) is 8.10. The molecule has 5 nitrogen and oxygen atoms in total. The van der Waals surface area contributed by atoms with Crippen LogP contribution in [0.3, 0.4) is 0 Å². The summed E-state index contributed by atoms with van der Waals surface area (Å²) in [7, 11) is 0. The lowest BCUT2D eigenvalue weighted by Gasteiger charge is -1.93. The lowest BCUT2D eigenvalue weighted by molar-refractivity contribution is 0.426. The van der Waals surface area contributed by atoms with E-state index in [0.717, 1.165) is 12.4 Å². The molecule has 0 spiro atoms. The number of thioether (sulfide) groups is 1. The number of halogens is 1. The number of aliphatic imine (C=N–C) groups is 1. The molecule has 0 aliphatic carbocycles. The molecule has 12 heavy (non-hydrogen) atoms. The van der Waals surface area contributed by atoms with E-state index >= 15 is 0 Å². The predicted octanol–water partition coefficient (Wildman–Crippen LogP) is -0.0870. The molecule has 0 aromatic carbocycles. The van der Waals surface area contributed by atoms with Crippen LogP contribution in [0.5, 0.6) is 0 Å². The number of nitrogens with zero attached hydrogens (tertiary/aromatic N) is 2. The Kier molecular flexibility index (Phi) is 6.13. The van der Waals surface area contributed by atoms with Gasteiger partial charge in [-0.1, -0.05) is 11.8 Å². The van der Waals surface area contributed by atoms with Crippen molar-refractivity contribution in [1.82, 2.24) is 0 Å². The first-order valence-electron chi connectivity index (χ1n) is 3.12. The van der Waals surface area contributed by atoms with Gasteiger partial charge in [0.1, 0.15) is 6.34 Å². The van der Waals surface area contributed by atoms with Crippen molar-refractivity contribution in [1.29, 1.82) is 0 Å². The van der Waals surface area contributed by atoms with Crippen LogP contribution in [0.1, 0.15) is 0 Å². The van der Waals surface area contributed by atoms with Crippen LogP contribution < -0.4 is 11.6 Å². The van der Waals surface area contributed by atoms with Gasteiger partial charge in [-0.3, -0.25) is 0 Å². The third-order valence-electron chi connectivity index (χ3n) is 1.07. The largest absolute Gasteiger partial charge is 0.378 e. The fraction of sp³-hybridized carbons (Fsp3) is 0.600. The molecule has 1 atom stereocenters. The Labute approximate surface area is 85.4 Å². The number of hydrogen-bond donors (Lipinski definition) is 2. The molecule has 0 aromatic rings. The second-order valence-corrected chi connectivity index (χ2v) is 3.04. The molecule has 0 radical (unpaired) electrons. The molecule has 4 N–H and O–H groups in total.